The first-order chi connectivity index (χ1) is 17.9. The zero-order chi connectivity index (χ0) is 26.4. The van der Waals surface area contributed by atoms with Gasteiger partial charge in [-0.3, -0.25) is 14.4 Å². The Kier molecular flexibility index (Phi) is 8.23. The van der Waals surface area contributed by atoms with Crippen molar-refractivity contribution in [2.45, 2.75) is 26.8 Å². The highest BCUT2D eigenvalue weighted by Crippen LogP contribution is 2.26. The molecule has 37 heavy (non-hydrogen) atoms. The van der Waals surface area contributed by atoms with Gasteiger partial charge >= 0.3 is 0 Å². The van der Waals surface area contributed by atoms with E-state index in [-0.39, 0.29) is 24.1 Å². The minimum absolute atomic E-state index is 0.0394. The highest BCUT2D eigenvalue weighted by Gasteiger charge is 2.23. The molecule has 0 aromatic heterocycles. The van der Waals surface area contributed by atoms with Crippen LogP contribution in [0.25, 0.3) is 0 Å². The van der Waals surface area contributed by atoms with Crippen LogP contribution < -0.4 is 9.64 Å². The first-order valence-corrected chi connectivity index (χ1v) is 12.5. The third-order valence-electron chi connectivity index (χ3n) is 6.75. The lowest BCUT2D eigenvalue weighted by atomic mass is 10.1. The number of para-hydroxylation sites is 1. The van der Waals surface area contributed by atoms with Gasteiger partial charge in [-0.2, -0.15) is 0 Å². The molecule has 0 aliphatic carbocycles. The van der Waals surface area contributed by atoms with E-state index >= 15 is 0 Å². The third-order valence-corrected chi connectivity index (χ3v) is 6.75. The van der Waals surface area contributed by atoms with Gasteiger partial charge in [-0.15, -0.1) is 0 Å². The van der Waals surface area contributed by atoms with Crippen molar-refractivity contribution in [3.63, 3.8) is 0 Å². The molecule has 1 aliphatic heterocycles. The predicted octanol–water partition coefficient (Wildman–Crippen LogP) is 4.08. The molecule has 0 unspecified atom stereocenters. The van der Waals surface area contributed by atoms with E-state index in [0.29, 0.717) is 38.3 Å². The van der Waals surface area contributed by atoms with E-state index in [9.17, 15) is 14.4 Å². The second-order valence-corrected chi connectivity index (χ2v) is 9.30. The average Bonchev–Trinajstić information content (AvgIpc) is 2.92. The van der Waals surface area contributed by atoms with Gasteiger partial charge in [0, 0.05) is 49.9 Å². The summed E-state index contributed by atoms with van der Waals surface area (Å²) in [6.07, 6.45) is 0.277. The smallest absolute Gasteiger partial charge is 0.258 e. The lowest BCUT2D eigenvalue weighted by Gasteiger charge is -2.34. The van der Waals surface area contributed by atoms with Crippen LogP contribution in [0, 0.1) is 6.92 Å². The van der Waals surface area contributed by atoms with Gasteiger partial charge < -0.3 is 19.4 Å². The quantitative estimate of drug-likeness (QED) is 0.491. The number of benzene rings is 3. The molecule has 7 nitrogen and oxygen atoms in total. The van der Waals surface area contributed by atoms with Crippen LogP contribution in [-0.4, -0.2) is 60.8 Å². The van der Waals surface area contributed by atoms with Gasteiger partial charge in [0.05, 0.1) is 20.1 Å². The third kappa shape index (κ3) is 6.36. The highest BCUT2D eigenvalue weighted by molar-refractivity contribution is 6.06. The number of methoxy groups -OCH3 is 1. The number of carbonyl (C=O) groups is 3. The summed E-state index contributed by atoms with van der Waals surface area (Å²) in [5.41, 5.74) is 4.20. The fraction of sp³-hybridized carbons (Fsp3) is 0.300. The Labute approximate surface area is 218 Å². The zero-order valence-corrected chi connectivity index (χ0v) is 21.6. The molecule has 0 N–H and O–H groups in total. The first kappa shape index (κ1) is 25.9. The SMILES string of the molecule is COc1ccccc1CN(C(=O)c1ccc(C)cc1)c1ccc(CC(=O)N2CCN(C(C)=O)CC2)cc1. The van der Waals surface area contributed by atoms with Crippen molar-refractivity contribution in [3.8, 4) is 5.75 Å². The molecule has 3 amide bonds. The van der Waals surface area contributed by atoms with Crippen molar-refractivity contribution in [2.24, 2.45) is 0 Å². The van der Waals surface area contributed by atoms with E-state index in [1.54, 1.807) is 23.8 Å². The topological polar surface area (TPSA) is 70.2 Å². The first-order valence-electron chi connectivity index (χ1n) is 12.5. The maximum atomic E-state index is 13.6. The van der Waals surface area contributed by atoms with Gasteiger partial charge in [-0.05, 0) is 42.8 Å². The summed E-state index contributed by atoms with van der Waals surface area (Å²) < 4.78 is 5.52. The number of rotatable bonds is 7. The Morgan fingerprint density at radius 2 is 1.46 bits per heavy atom. The van der Waals surface area contributed by atoms with E-state index in [1.165, 1.54) is 0 Å². The number of hydrogen-bond acceptors (Lipinski definition) is 4. The fourth-order valence-electron chi connectivity index (χ4n) is 4.49. The largest absolute Gasteiger partial charge is 0.496 e. The molecule has 192 valence electrons. The van der Waals surface area contributed by atoms with Gasteiger partial charge in [0.25, 0.3) is 5.91 Å². The molecule has 0 radical (unpaired) electrons. The minimum Gasteiger partial charge on any atom is -0.496 e. The van der Waals surface area contributed by atoms with E-state index in [4.69, 9.17) is 4.74 Å². The number of carbonyl (C=O) groups excluding carboxylic acids is 3. The molecule has 7 heteroatoms. The van der Waals surface area contributed by atoms with Gasteiger partial charge in [0.15, 0.2) is 0 Å². The normalized spacial score (nSPS) is 13.3. The second kappa shape index (κ2) is 11.7. The molecular formula is C30H33N3O4. The fourth-order valence-corrected chi connectivity index (χ4v) is 4.49. The Hall–Kier alpha value is -4.13. The van der Waals surface area contributed by atoms with Crippen LogP contribution in [0.2, 0.25) is 0 Å². The standard InChI is InChI=1S/C30H33N3O4/c1-22-8-12-25(13-9-22)30(36)33(21-26-6-4-5-7-28(26)37-3)27-14-10-24(11-15-27)20-29(35)32-18-16-31(17-19-32)23(2)34/h4-15H,16-21H2,1-3H3. The van der Waals surface area contributed by atoms with Gasteiger partial charge in [0.1, 0.15) is 5.75 Å². The molecular weight excluding hydrogens is 466 g/mol. The lowest BCUT2D eigenvalue weighted by molar-refractivity contribution is -0.138. The minimum atomic E-state index is -0.113. The monoisotopic (exact) mass is 499 g/mol. The maximum absolute atomic E-state index is 13.6. The predicted molar refractivity (Wildman–Crippen MR) is 144 cm³/mol. The van der Waals surface area contributed by atoms with Crippen LogP contribution in [-0.2, 0) is 22.6 Å². The van der Waals surface area contributed by atoms with Crippen molar-refractivity contribution < 1.29 is 19.1 Å². The van der Waals surface area contributed by atoms with Gasteiger partial charge in [-0.25, -0.2) is 0 Å². The van der Waals surface area contributed by atoms with Crippen molar-refractivity contribution >= 4 is 23.4 Å². The summed E-state index contributed by atoms with van der Waals surface area (Å²) in [5, 5.41) is 0. The lowest BCUT2D eigenvalue weighted by Crippen LogP contribution is -2.50. The van der Waals surface area contributed by atoms with E-state index in [0.717, 1.165) is 28.1 Å². The molecule has 0 bridgehead atoms. The van der Waals surface area contributed by atoms with Crippen LogP contribution in [0.15, 0.2) is 72.8 Å². The van der Waals surface area contributed by atoms with Crippen molar-refractivity contribution in [1.82, 2.24) is 9.80 Å². The summed E-state index contributed by atoms with van der Waals surface area (Å²) in [6.45, 7) is 6.12. The number of piperazine rings is 1. The van der Waals surface area contributed by atoms with Crippen molar-refractivity contribution in [3.05, 3.63) is 95.1 Å². The summed E-state index contributed by atoms with van der Waals surface area (Å²) in [5.74, 6) is 0.687. The second-order valence-electron chi connectivity index (χ2n) is 9.30. The van der Waals surface area contributed by atoms with E-state index in [2.05, 4.69) is 0 Å². The number of hydrogen-bond donors (Lipinski definition) is 0. The molecule has 3 aromatic rings. The molecule has 1 fully saturated rings. The van der Waals surface area contributed by atoms with Crippen LogP contribution in [0.4, 0.5) is 5.69 Å². The molecule has 1 saturated heterocycles. The van der Waals surface area contributed by atoms with Crippen LogP contribution >= 0.6 is 0 Å². The number of ether oxygens (including phenoxy) is 1. The van der Waals surface area contributed by atoms with Crippen molar-refractivity contribution in [1.29, 1.82) is 0 Å². The van der Waals surface area contributed by atoms with Gasteiger partial charge in [-0.1, -0.05) is 48.0 Å². The molecule has 0 spiro atoms. The number of anilines is 1. The zero-order valence-electron chi connectivity index (χ0n) is 21.6. The Bertz CT molecular complexity index is 1250. The number of amides is 3. The molecule has 0 saturated carbocycles. The summed E-state index contributed by atoms with van der Waals surface area (Å²) in [7, 11) is 1.62. The summed E-state index contributed by atoms with van der Waals surface area (Å²) in [4.78, 5) is 43.3. The van der Waals surface area contributed by atoms with Crippen LogP contribution in [0.3, 0.4) is 0 Å². The number of aryl methyl sites for hydroxylation is 1. The van der Waals surface area contributed by atoms with Crippen LogP contribution in [0.5, 0.6) is 5.75 Å². The number of nitrogens with zero attached hydrogens (tertiary/aromatic N) is 3. The van der Waals surface area contributed by atoms with Gasteiger partial charge in [0.2, 0.25) is 11.8 Å². The maximum Gasteiger partial charge on any atom is 0.258 e. The Morgan fingerprint density at radius 1 is 0.838 bits per heavy atom. The molecule has 4 rings (SSSR count). The molecule has 0 atom stereocenters. The molecule has 1 heterocycles. The summed E-state index contributed by atoms with van der Waals surface area (Å²) in [6, 6.07) is 22.8. The van der Waals surface area contributed by atoms with Crippen molar-refractivity contribution in [2.75, 3.05) is 38.2 Å². The molecule has 3 aromatic carbocycles. The average molecular weight is 500 g/mol. The molecule has 1 aliphatic rings. The van der Waals surface area contributed by atoms with E-state index in [1.807, 2.05) is 84.6 Å². The highest BCUT2D eigenvalue weighted by atomic mass is 16.5. The summed E-state index contributed by atoms with van der Waals surface area (Å²) >= 11 is 0. The van der Waals surface area contributed by atoms with Crippen LogP contribution in [0.1, 0.15) is 34.0 Å². The Morgan fingerprint density at radius 3 is 2.08 bits per heavy atom. The van der Waals surface area contributed by atoms with E-state index < -0.39 is 0 Å². The Balaban J connectivity index is 1.52.